The van der Waals surface area contributed by atoms with Crippen molar-refractivity contribution in [2.75, 3.05) is 16.8 Å². The zero-order valence-corrected chi connectivity index (χ0v) is 33.9. The lowest BCUT2D eigenvalue weighted by Gasteiger charge is -2.32. The highest BCUT2D eigenvalue weighted by molar-refractivity contribution is 8.03. The predicted octanol–water partition coefficient (Wildman–Crippen LogP) is 13.1. The van der Waals surface area contributed by atoms with Gasteiger partial charge in [0.15, 0.2) is 0 Å². The highest BCUT2D eigenvalue weighted by Gasteiger charge is 2.25. The van der Waals surface area contributed by atoms with E-state index in [1.54, 1.807) is 48.2 Å². The molecule has 7 heteroatoms. The number of carboxylic acid groups (broad SMARTS) is 1. The van der Waals surface area contributed by atoms with Crippen molar-refractivity contribution < 1.29 is 14.7 Å². The van der Waals surface area contributed by atoms with Crippen LogP contribution in [0.2, 0.25) is 0 Å². The number of fused-ring (bicyclic) bond motifs is 1. The van der Waals surface area contributed by atoms with Crippen molar-refractivity contribution in [3.63, 3.8) is 0 Å². The van der Waals surface area contributed by atoms with E-state index in [1.165, 1.54) is 53.9 Å². The number of aryl methyl sites for hydroxylation is 1. The second kappa shape index (κ2) is 24.1. The summed E-state index contributed by atoms with van der Waals surface area (Å²) in [6, 6.07) is 32.5. The first-order valence-corrected chi connectivity index (χ1v) is 20.2. The van der Waals surface area contributed by atoms with E-state index in [1.807, 2.05) is 57.2 Å². The van der Waals surface area contributed by atoms with Crippen LogP contribution in [-0.2, 0) is 11.2 Å². The number of carboxylic acids is 1. The average molecular weight is 756 g/mol. The van der Waals surface area contributed by atoms with E-state index in [0.717, 1.165) is 30.7 Å². The average Bonchev–Trinajstić information content (AvgIpc) is 3.70. The molecular formula is C48H57N3O3S. The van der Waals surface area contributed by atoms with Gasteiger partial charge < -0.3 is 15.3 Å². The Hall–Kier alpha value is -5.40. The normalized spacial score (nSPS) is 14.4. The number of carbonyl (C=O) groups is 2. The zero-order valence-electron chi connectivity index (χ0n) is 33.1. The van der Waals surface area contributed by atoms with Gasteiger partial charge in [-0.05, 0) is 85.9 Å². The van der Waals surface area contributed by atoms with Crippen molar-refractivity contribution >= 4 is 46.4 Å². The third-order valence-corrected chi connectivity index (χ3v) is 10.1. The molecule has 1 atom stereocenters. The van der Waals surface area contributed by atoms with E-state index in [4.69, 9.17) is 5.41 Å². The van der Waals surface area contributed by atoms with Crippen molar-refractivity contribution in [2.24, 2.45) is 0 Å². The monoisotopic (exact) mass is 755 g/mol. The molecule has 0 fully saturated rings. The van der Waals surface area contributed by atoms with Gasteiger partial charge in [0.2, 0.25) is 0 Å². The number of nitrogens with one attached hydrogen (secondary N) is 2. The molecule has 4 aromatic carbocycles. The maximum Gasteiger partial charge on any atom is 0.335 e. The molecule has 2 aliphatic heterocycles. The molecular weight excluding hydrogens is 699 g/mol. The van der Waals surface area contributed by atoms with Crippen molar-refractivity contribution in [2.45, 2.75) is 78.4 Å². The second-order valence-corrected chi connectivity index (χ2v) is 14.0. The van der Waals surface area contributed by atoms with Crippen LogP contribution in [0.15, 0.2) is 151 Å². The van der Waals surface area contributed by atoms with Gasteiger partial charge in [-0.1, -0.05) is 139 Å². The Balaban J connectivity index is 0.000000595. The molecule has 2 aliphatic rings. The van der Waals surface area contributed by atoms with Crippen LogP contribution in [0.5, 0.6) is 0 Å². The van der Waals surface area contributed by atoms with Gasteiger partial charge in [-0.3, -0.25) is 10.2 Å². The number of allylic oxidation sites excluding steroid dienone is 5. The van der Waals surface area contributed by atoms with Crippen LogP contribution in [0.1, 0.15) is 99.0 Å². The lowest BCUT2D eigenvalue weighted by Crippen LogP contribution is -2.24. The Labute approximate surface area is 333 Å². The van der Waals surface area contributed by atoms with Crippen LogP contribution in [0.25, 0.3) is 0 Å². The SMILES string of the molecule is C=C/C=C\C.CC.CCCCC.N=C(/C(=C/C1=CCC(c2ccc3c(c2)CCCN3c2ccccc2)S1)C(=O)Nc1ccccc1)c1ccc(C(=O)O)cc1. The standard InChI is InChI=1S/C36H31N3O3S.C5H12.C5H8.C2H6/c37-34(24-13-15-25(16-14-24)36(41)42)31(35(40)38-28-9-3-1-4-10-28)23-30-18-20-33(43-30)27-17-19-32-26(22-27)8-7-21-39(32)29-11-5-2-6-12-29;2*1-3-5-4-2;1-2/h1-6,9-19,22-23,33,37H,7-8,20-21H2,(H,38,40)(H,41,42);3-5H2,1-2H3;3-5H,1H2,2H3;1-2H3/b31-23-,37-34?;;5-4-;. The van der Waals surface area contributed by atoms with Gasteiger partial charge in [0.25, 0.3) is 5.91 Å². The highest BCUT2D eigenvalue weighted by atomic mass is 32.2. The Morgan fingerprint density at radius 2 is 1.56 bits per heavy atom. The molecule has 0 aromatic heterocycles. The Bertz CT molecular complexity index is 1910. The van der Waals surface area contributed by atoms with Crippen LogP contribution >= 0.6 is 11.8 Å². The summed E-state index contributed by atoms with van der Waals surface area (Å²) in [6.07, 6.45) is 16.5. The number of carbonyl (C=O) groups excluding carboxylic acids is 1. The minimum Gasteiger partial charge on any atom is -0.478 e. The molecule has 0 spiro atoms. The summed E-state index contributed by atoms with van der Waals surface area (Å²) in [7, 11) is 0. The van der Waals surface area contributed by atoms with Gasteiger partial charge in [-0.25, -0.2) is 4.79 Å². The molecule has 4 aromatic rings. The van der Waals surface area contributed by atoms with Crippen molar-refractivity contribution in [1.82, 2.24) is 0 Å². The first-order valence-electron chi connectivity index (χ1n) is 19.4. The van der Waals surface area contributed by atoms with Gasteiger partial charge in [0.05, 0.1) is 16.8 Å². The number of thioether (sulfide) groups is 1. The lowest BCUT2D eigenvalue weighted by molar-refractivity contribution is -0.112. The summed E-state index contributed by atoms with van der Waals surface area (Å²) in [5, 5.41) is 21.3. The summed E-state index contributed by atoms with van der Waals surface area (Å²) < 4.78 is 0. The number of para-hydroxylation sites is 2. The number of hydrogen-bond acceptors (Lipinski definition) is 5. The van der Waals surface area contributed by atoms with Gasteiger partial charge in [-0.2, -0.15) is 0 Å². The first kappa shape index (κ1) is 44.0. The molecule has 0 saturated carbocycles. The molecule has 1 unspecified atom stereocenters. The maximum atomic E-state index is 13.5. The number of unbranched alkanes of at least 4 members (excludes halogenated alkanes) is 2. The van der Waals surface area contributed by atoms with Gasteiger partial charge >= 0.3 is 5.97 Å². The van der Waals surface area contributed by atoms with Gasteiger partial charge in [0.1, 0.15) is 0 Å². The predicted molar refractivity (Wildman–Crippen MR) is 236 cm³/mol. The van der Waals surface area contributed by atoms with Crippen LogP contribution in [-0.4, -0.2) is 29.2 Å². The summed E-state index contributed by atoms with van der Waals surface area (Å²) in [5.41, 5.74) is 6.57. The molecule has 2 heterocycles. The summed E-state index contributed by atoms with van der Waals surface area (Å²) in [6.45, 7) is 14.9. The number of aromatic carboxylic acids is 1. The lowest BCUT2D eigenvalue weighted by atomic mass is 9.96. The van der Waals surface area contributed by atoms with Gasteiger partial charge in [-0.15, -0.1) is 11.8 Å². The second-order valence-electron chi connectivity index (χ2n) is 12.7. The number of hydrogen-bond donors (Lipinski definition) is 3. The quantitative estimate of drug-likeness (QED) is 0.0805. The van der Waals surface area contributed by atoms with Gasteiger partial charge in [0, 0.05) is 39.3 Å². The molecule has 0 saturated heterocycles. The highest BCUT2D eigenvalue weighted by Crippen LogP contribution is 2.46. The fourth-order valence-electron chi connectivity index (χ4n) is 6.01. The van der Waals surface area contributed by atoms with E-state index in [0.29, 0.717) is 11.3 Å². The minimum atomic E-state index is -1.04. The molecule has 6 nitrogen and oxygen atoms in total. The molecule has 0 aliphatic carbocycles. The molecule has 0 bridgehead atoms. The largest absolute Gasteiger partial charge is 0.478 e. The molecule has 288 valence electrons. The van der Waals surface area contributed by atoms with E-state index in [2.05, 4.69) is 79.2 Å². The molecule has 1 amide bonds. The fourth-order valence-corrected chi connectivity index (χ4v) is 7.19. The third-order valence-electron chi connectivity index (χ3n) is 8.76. The van der Waals surface area contributed by atoms with Crippen molar-refractivity contribution in [3.8, 4) is 0 Å². The maximum absolute atomic E-state index is 13.5. The summed E-state index contributed by atoms with van der Waals surface area (Å²) >= 11 is 1.70. The topological polar surface area (TPSA) is 93.5 Å². The Kier molecular flexibility index (Phi) is 19.3. The van der Waals surface area contributed by atoms with Crippen LogP contribution in [0, 0.1) is 5.41 Å². The molecule has 3 N–H and O–H groups in total. The molecule has 6 rings (SSSR count). The Morgan fingerprint density at radius 1 is 0.927 bits per heavy atom. The van der Waals surface area contributed by atoms with E-state index in [-0.39, 0.29) is 22.1 Å². The van der Waals surface area contributed by atoms with Crippen molar-refractivity contribution in [3.05, 3.63) is 173 Å². The Morgan fingerprint density at radius 3 is 2.13 bits per heavy atom. The third kappa shape index (κ3) is 13.4. The summed E-state index contributed by atoms with van der Waals surface area (Å²) in [4.78, 5) is 28.1. The molecule has 55 heavy (non-hydrogen) atoms. The van der Waals surface area contributed by atoms with Crippen molar-refractivity contribution in [1.29, 1.82) is 5.41 Å². The van der Waals surface area contributed by atoms with Crippen LogP contribution in [0.4, 0.5) is 17.1 Å². The number of anilines is 3. The van der Waals surface area contributed by atoms with Crippen LogP contribution < -0.4 is 10.2 Å². The smallest absolute Gasteiger partial charge is 0.335 e. The van der Waals surface area contributed by atoms with E-state index in [9.17, 15) is 14.7 Å². The number of nitrogens with zero attached hydrogens (tertiary/aromatic N) is 1. The fraction of sp³-hybridized carbons (Fsp3) is 0.271. The van der Waals surface area contributed by atoms with E-state index < -0.39 is 11.9 Å². The zero-order chi connectivity index (χ0) is 40.0. The summed E-state index contributed by atoms with van der Waals surface area (Å²) in [5.74, 6) is -1.43. The van der Waals surface area contributed by atoms with E-state index >= 15 is 0 Å². The van der Waals surface area contributed by atoms with Crippen LogP contribution in [0.3, 0.4) is 0 Å². The minimum absolute atomic E-state index is 0.0325. The molecule has 0 radical (unpaired) electrons. The number of rotatable bonds is 11. The number of amides is 1. The number of benzene rings is 4. The first-order chi connectivity index (χ1) is 26.8.